The molecule has 0 radical (unpaired) electrons. The van der Waals surface area contributed by atoms with Gasteiger partial charge in [-0.15, -0.1) is 23.5 Å². The third-order valence-corrected chi connectivity index (χ3v) is 18.4. The number of hydrogen-bond acceptors (Lipinski definition) is 4. The Morgan fingerprint density at radius 2 is 0.870 bits per heavy atom. The van der Waals surface area contributed by atoms with Gasteiger partial charge in [0.05, 0.1) is 9.49 Å². The quantitative estimate of drug-likeness (QED) is 0.0525. The maximum absolute atomic E-state index is 15.9. The number of carbonyl (C=O) groups excluding carboxylic acids is 2. The van der Waals surface area contributed by atoms with Crippen molar-refractivity contribution >= 4 is 40.2 Å². The van der Waals surface area contributed by atoms with Gasteiger partial charge in [-0.1, -0.05) is 193 Å². The van der Waals surface area contributed by atoms with Crippen molar-refractivity contribution in [2.24, 2.45) is 0 Å². The van der Waals surface area contributed by atoms with E-state index in [0.717, 1.165) is 38.5 Å². The molecule has 5 rings (SSSR count). The molecule has 1 saturated carbocycles. The number of fused-ring (bicyclic) bond motifs is 4. The highest BCUT2D eigenvalue weighted by molar-refractivity contribution is 8.12. The van der Waals surface area contributed by atoms with Crippen molar-refractivity contribution in [2.75, 3.05) is 13.1 Å². The van der Waals surface area contributed by atoms with Crippen LogP contribution in [-0.4, -0.2) is 52.2 Å². The van der Waals surface area contributed by atoms with Crippen molar-refractivity contribution in [1.29, 1.82) is 0 Å². The second-order valence-corrected chi connectivity index (χ2v) is 23.6. The molecule has 1 aromatic carbocycles. The minimum atomic E-state index is -5.64. The molecule has 1 fully saturated rings. The number of hydrogen-bond donors (Lipinski definition) is 2. The Morgan fingerprint density at radius 3 is 1.30 bits per heavy atom. The van der Waals surface area contributed by atoms with Crippen molar-refractivity contribution in [1.82, 2.24) is 10.6 Å². The molecule has 2 aliphatic carbocycles. The third kappa shape index (κ3) is 14.3. The Kier molecular flexibility index (Phi) is 22.8. The smallest absolute Gasteiger partial charge is 0.356 e. The highest BCUT2D eigenvalue weighted by Gasteiger charge is 2.84. The molecule has 2 N–H and O–H groups in total. The number of amides is 2. The number of halogens is 6. The van der Waals surface area contributed by atoms with Gasteiger partial charge in [-0.05, 0) is 79.0 Å². The summed E-state index contributed by atoms with van der Waals surface area (Å²) in [7, 11) is 0. The second kappa shape index (κ2) is 27.5. The van der Waals surface area contributed by atoms with E-state index in [4.69, 9.17) is 0 Å². The van der Waals surface area contributed by atoms with Crippen molar-refractivity contribution < 1.29 is 35.9 Å². The lowest BCUT2D eigenvalue weighted by atomic mass is 9.71. The summed E-state index contributed by atoms with van der Waals surface area (Å²) in [6, 6.07) is 6.64. The largest absolute Gasteiger partial charge is 0.380 e. The van der Waals surface area contributed by atoms with Gasteiger partial charge in [0.2, 0.25) is 5.91 Å². The first-order valence-corrected chi connectivity index (χ1v) is 28.8. The summed E-state index contributed by atoms with van der Waals surface area (Å²) in [5.74, 6) is -16.3. The van der Waals surface area contributed by atoms with Crippen LogP contribution in [0, 0.1) is 0 Å². The molecule has 0 unspecified atom stereocenters. The first-order chi connectivity index (χ1) is 33.1. The molecule has 69 heavy (non-hydrogen) atoms. The van der Waals surface area contributed by atoms with E-state index in [9.17, 15) is 9.59 Å². The van der Waals surface area contributed by atoms with Crippen LogP contribution in [0.5, 0.6) is 0 Å². The Labute approximate surface area is 420 Å². The molecule has 0 saturated heterocycles. The van der Waals surface area contributed by atoms with Crippen LogP contribution in [-0.2, 0) is 4.79 Å². The standard InChI is InChI=1S/C57H84F6N2O2S2/c1-5-7-9-11-13-15-17-19-21-23-25-27-29-31-39-64-49(66)38-37-45-41-46-50-51(56(60,61)57(62,63)55(50,58)59)47-42-48(69-54(47,4)53(46,3)68-45)43-33-35-44(36-34-43)52(67)65-40-32-30-28-26-24-22-20-18-16-14-12-10-8-6-2/h33-36,41-42H,5-32,37-40H2,1-4H3,(H,64,66)(H,65,67)/t53-,54+/m1/s1. The van der Waals surface area contributed by atoms with Crippen molar-refractivity contribution in [3.8, 4) is 0 Å². The summed E-state index contributed by atoms with van der Waals surface area (Å²) in [6.07, 6.45) is 37.7. The molecular formula is C57H84F6N2O2S2. The van der Waals surface area contributed by atoms with E-state index >= 15 is 26.3 Å². The number of thioether (sulfide) groups is 2. The van der Waals surface area contributed by atoms with E-state index in [-0.39, 0.29) is 35.8 Å². The number of allylic oxidation sites excluding steroid dienone is 5. The van der Waals surface area contributed by atoms with Crippen LogP contribution < -0.4 is 10.6 Å². The average molecular weight is 1010 g/mol. The predicted octanol–water partition coefficient (Wildman–Crippen LogP) is 18.0. The Morgan fingerprint density at radius 1 is 0.493 bits per heavy atom. The van der Waals surface area contributed by atoms with E-state index in [1.165, 1.54) is 177 Å². The number of alkyl halides is 6. The van der Waals surface area contributed by atoms with Crippen LogP contribution in [0.3, 0.4) is 0 Å². The molecule has 2 amide bonds. The van der Waals surface area contributed by atoms with E-state index in [1.807, 2.05) is 0 Å². The fourth-order valence-electron chi connectivity index (χ4n) is 10.5. The minimum Gasteiger partial charge on any atom is -0.356 e. The SMILES string of the molecule is CCCCCCCCCCCCCCCCNC(=O)CCC1=CC2=C3C(=C4C=C(c5ccc(C(=O)NCCCCCCCCCCCCCCCC)cc5)S[C@]4(C)[C@]2(C)S1)C(F)(F)C(F)(F)C3(F)F. The zero-order valence-electron chi connectivity index (χ0n) is 42.5. The zero-order chi connectivity index (χ0) is 50.0. The Bertz CT molecular complexity index is 1940. The summed E-state index contributed by atoms with van der Waals surface area (Å²) in [6.45, 7) is 8.89. The third-order valence-electron chi connectivity index (χ3n) is 15.1. The number of rotatable bonds is 35. The van der Waals surface area contributed by atoms with Gasteiger partial charge in [-0.3, -0.25) is 9.59 Å². The molecule has 12 heteroatoms. The normalized spacial score (nSPS) is 21.8. The maximum atomic E-state index is 15.9. The van der Waals surface area contributed by atoms with Crippen LogP contribution >= 0.6 is 23.5 Å². The van der Waals surface area contributed by atoms with Crippen LogP contribution in [0.4, 0.5) is 26.3 Å². The van der Waals surface area contributed by atoms with Gasteiger partial charge in [0.25, 0.3) is 5.91 Å². The highest BCUT2D eigenvalue weighted by atomic mass is 32.2. The fraction of sp³-hybridized carbons (Fsp3) is 0.719. The van der Waals surface area contributed by atoms with Gasteiger partial charge >= 0.3 is 17.8 Å². The molecule has 2 aliphatic heterocycles. The lowest BCUT2D eigenvalue weighted by molar-refractivity contribution is -0.258. The van der Waals surface area contributed by atoms with Crippen LogP contribution in [0.2, 0.25) is 0 Å². The lowest BCUT2D eigenvalue weighted by Gasteiger charge is -2.47. The van der Waals surface area contributed by atoms with E-state index in [1.54, 1.807) is 38.1 Å². The van der Waals surface area contributed by atoms with Crippen molar-refractivity contribution in [3.05, 3.63) is 74.7 Å². The Balaban J connectivity index is 1.10. The predicted molar refractivity (Wildman–Crippen MR) is 279 cm³/mol. The minimum absolute atomic E-state index is 0.0543. The molecule has 2 heterocycles. The van der Waals surface area contributed by atoms with E-state index in [0.29, 0.717) is 34.0 Å². The molecule has 4 nitrogen and oxygen atoms in total. The van der Waals surface area contributed by atoms with Crippen LogP contribution in [0.25, 0.3) is 4.91 Å². The summed E-state index contributed by atoms with van der Waals surface area (Å²) >= 11 is 2.38. The number of nitrogens with one attached hydrogen (secondary N) is 2. The molecule has 1 aromatic rings. The van der Waals surface area contributed by atoms with Gasteiger partial charge < -0.3 is 10.6 Å². The highest BCUT2D eigenvalue weighted by Crippen LogP contribution is 2.74. The second-order valence-electron chi connectivity index (χ2n) is 20.6. The van der Waals surface area contributed by atoms with Gasteiger partial charge in [0.15, 0.2) is 0 Å². The number of benzene rings is 1. The topological polar surface area (TPSA) is 58.2 Å². The van der Waals surface area contributed by atoms with Crippen molar-refractivity contribution in [3.63, 3.8) is 0 Å². The molecule has 388 valence electrons. The van der Waals surface area contributed by atoms with Gasteiger partial charge in [0, 0.05) is 41.1 Å². The van der Waals surface area contributed by atoms with Crippen LogP contribution in [0.1, 0.15) is 236 Å². The zero-order valence-corrected chi connectivity index (χ0v) is 44.1. The summed E-state index contributed by atoms with van der Waals surface area (Å²) in [4.78, 5) is 27.0. The number of unbranched alkanes of at least 4 members (excludes halogenated alkanes) is 26. The maximum Gasteiger partial charge on any atom is 0.380 e. The van der Waals surface area contributed by atoms with Gasteiger partial charge in [-0.25, -0.2) is 0 Å². The number of carbonyl (C=O) groups is 2. The van der Waals surface area contributed by atoms with Crippen molar-refractivity contribution in [2.45, 2.75) is 248 Å². The van der Waals surface area contributed by atoms with Crippen LogP contribution in [0.15, 0.2) is 63.6 Å². The van der Waals surface area contributed by atoms with E-state index in [2.05, 4.69) is 24.5 Å². The molecule has 2 atom stereocenters. The average Bonchev–Trinajstić information content (AvgIpc) is 3.90. The molecule has 0 spiro atoms. The monoisotopic (exact) mass is 1010 g/mol. The molecule has 0 aromatic heterocycles. The first-order valence-electron chi connectivity index (χ1n) is 27.2. The molecule has 0 bridgehead atoms. The fourth-order valence-corrected chi connectivity index (χ4v) is 13.7. The first kappa shape index (κ1) is 57.3. The summed E-state index contributed by atoms with van der Waals surface area (Å²) in [5.41, 5.74) is -2.11. The lowest BCUT2D eigenvalue weighted by Crippen LogP contribution is -2.48. The van der Waals surface area contributed by atoms with Gasteiger partial charge in [0.1, 0.15) is 0 Å². The van der Waals surface area contributed by atoms with E-state index < -0.39 is 38.4 Å². The summed E-state index contributed by atoms with van der Waals surface area (Å²) in [5, 5.41) is 5.93. The Hall–Kier alpha value is -2.60. The molecule has 4 aliphatic rings. The van der Waals surface area contributed by atoms with Gasteiger partial charge in [-0.2, -0.15) is 26.3 Å². The summed E-state index contributed by atoms with van der Waals surface area (Å²) < 4.78 is 91.6. The molecular weight excluding hydrogens is 923 g/mol.